The van der Waals surface area contributed by atoms with E-state index in [4.69, 9.17) is 0 Å². The summed E-state index contributed by atoms with van der Waals surface area (Å²) in [5, 5.41) is 7.75. The van der Waals surface area contributed by atoms with E-state index < -0.39 is 0 Å². The molecule has 1 unspecified atom stereocenters. The third kappa shape index (κ3) is 3.67. The van der Waals surface area contributed by atoms with Crippen molar-refractivity contribution in [2.45, 2.75) is 45.6 Å². The average Bonchev–Trinajstić information content (AvgIpc) is 2.96. The topological polar surface area (TPSA) is 46.9 Å². The van der Waals surface area contributed by atoms with Crippen LogP contribution in [0.25, 0.3) is 0 Å². The lowest BCUT2D eigenvalue weighted by Crippen LogP contribution is -2.11. The Hall–Kier alpha value is -1.16. The molecule has 1 aromatic rings. The fourth-order valence-electron chi connectivity index (χ4n) is 2.38. The van der Waals surface area contributed by atoms with Gasteiger partial charge in [0.15, 0.2) is 0 Å². The van der Waals surface area contributed by atoms with E-state index in [0.29, 0.717) is 30.6 Å². The van der Waals surface area contributed by atoms with Gasteiger partial charge >= 0.3 is 0 Å². The van der Waals surface area contributed by atoms with Gasteiger partial charge in [0, 0.05) is 18.7 Å². The summed E-state index contributed by atoms with van der Waals surface area (Å²) in [5.41, 5.74) is 0.901. The predicted octanol–water partition coefficient (Wildman–Crippen LogP) is 1.97. The zero-order chi connectivity index (χ0) is 13.0. The summed E-state index contributed by atoms with van der Waals surface area (Å²) in [6.07, 6.45) is 5.38. The first-order chi connectivity index (χ1) is 8.65. The zero-order valence-electron chi connectivity index (χ0n) is 11.4. The van der Waals surface area contributed by atoms with Crippen molar-refractivity contribution in [2.75, 3.05) is 13.1 Å². The minimum atomic E-state index is 0.316. The molecule has 4 heteroatoms. The molecule has 0 radical (unpaired) electrons. The number of hydrogen-bond donors (Lipinski definition) is 1. The molecule has 1 aromatic heterocycles. The van der Waals surface area contributed by atoms with Crippen molar-refractivity contribution in [3.05, 3.63) is 18.0 Å². The van der Waals surface area contributed by atoms with Crippen molar-refractivity contribution in [2.24, 2.45) is 5.92 Å². The van der Waals surface area contributed by atoms with Crippen molar-refractivity contribution in [3.8, 4) is 0 Å². The molecule has 0 aromatic carbocycles. The van der Waals surface area contributed by atoms with Crippen LogP contribution in [-0.4, -0.2) is 28.7 Å². The van der Waals surface area contributed by atoms with Gasteiger partial charge in [-0.2, -0.15) is 5.10 Å². The standard InChI is InChI=1S/C14H23N3O/c1-11(2)17-8-6-13(16-17)9-14(18)4-3-12-5-7-15-10-12/h6,8,11-12,15H,3-5,7,9-10H2,1-2H3. The van der Waals surface area contributed by atoms with Gasteiger partial charge in [0.05, 0.1) is 12.1 Å². The van der Waals surface area contributed by atoms with Gasteiger partial charge in [0.2, 0.25) is 0 Å². The predicted molar refractivity (Wildman–Crippen MR) is 71.5 cm³/mol. The Kier molecular flexibility index (Phi) is 4.53. The molecule has 1 atom stereocenters. The lowest BCUT2D eigenvalue weighted by molar-refractivity contribution is -0.118. The van der Waals surface area contributed by atoms with Gasteiger partial charge in [-0.05, 0) is 51.8 Å². The highest BCUT2D eigenvalue weighted by Crippen LogP contribution is 2.15. The fraction of sp³-hybridized carbons (Fsp3) is 0.714. The van der Waals surface area contributed by atoms with Crippen molar-refractivity contribution in [3.63, 3.8) is 0 Å². The third-order valence-electron chi connectivity index (χ3n) is 3.56. The normalized spacial score (nSPS) is 19.6. The molecule has 1 saturated heterocycles. The van der Waals surface area contributed by atoms with Gasteiger partial charge in [-0.25, -0.2) is 0 Å². The van der Waals surface area contributed by atoms with Crippen LogP contribution in [0.15, 0.2) is 12.3 Å². The molecule has 1 fully saturated rings. The van der Waals surface area contributed by atoms with Crippen LogP contribution < -0.4 is 5.32 Å². The van der Waals surface area contributed by atoms with Crippen LogP contribution in [0, 0.1) is 5.92 Å². The molecule has 0 bridgehead atoms. The van der Waals surface area contributed by atoms with E-state index >= 15 is 0 Å². The fourth-order valence-corrected chi connectivity index (χ4v) is 2.38. The van der Waals surface area contributed by atoms with Crippen LogP contribution >= 0.6 is 0 Å². The van der Waals surface area contributed by atoms with Crippen LogP contribution in [0.2, 0.25) is 0 Å². The Labute approximate surface area is 109 Å². The molecule has 2 rings (SSSR count). The molecule has 1 N–H and O–H groups in total. The van der Waals surface area contributed by atoms with Gasteiger partial charge < -0.3 is 5.32 Å². The molecule has 4 nitrogen and oxygen atoms in total. The lowest BCUT2D eigenvalue weighted by Gasteiger charge is -2.06. The van der Waals surface area contributed by atoms with E-state index in [2.05, 4.69) is 24.3 Å². The maximum atomic E-state index is 11.9. The van der Waals surface area contributed by atoms with Crippen LogP contribution in [0.3, 0.4) is 0 Å². The number of carbonyl (C=O) groups is 1. The van der Waals surface area contributed by atoms with Crippen LogP contribution in [-0.2, 0) is 11.2 Å². The van der Waals surface area contributed by atoms with E-state index in [1.807, 2.05) is 16.9 Å². The number of aromatic nitrogens is 2. The summed E-state index contributed by atoms with van der Waals surface area (Å²) in [4.78, 5) is 11.9. The first-order valence-corrected chi connectivity index (χ1v) is 6.91. The number of rotatable bonds is 6. The van der Waals surface area contributed by atoms with E-state index in [0.717, 1.165) is 25.2 Å². The first kappa shape index (κ1) is 13.3. The molecule has 0 spiro atoms. The molecular weight excluding hydrogens is 226 g/mol. The Bertz CT molecular complexity index is 391. The van der Waals surface area contributed by atoms with Crippen LogP contribution in [0.5, 0.6) is 0 Å². The van der Waals surface area contributed by atoms with Gasteiger partial charge in [-0.3, -0.25) is 9.48 Å². The number of hydrogen-bond acceptors (Lipinski definition) is 3. The maximum Gasteiger partial charge on any atom is 0.138 e. The van der Waals surface area contributed by atoms with Gasteiger partial charge in [0.1, 0.15) is 5.78 Å². The molecular formula is C14H23N3O. The van der Waals surface area contributed by atoms with Crippen molar-refractivity contribution in [1.29, 1.82) is 0 Å². The van der Waals surface area contributed by atoms with Crippen LogP contribution in [0.1, 0.15) is 44.8 Å². The maximum absolute atomic E-state index is 11.9. The van der Waals surface area contributed by atoms with Gasteiger partial charge in [0.25, 0.3) is 0 Å². The third-order valence-corrected chi connectivity index (χ3v) is 3.56. The monoisotopic (exact) mass is 249 g/mol. The summed E-state index contributed by atoms with van der Waals surface area (Å²) >= 11 is 0. The Morgan fingerprint density at radius 2 is 2.44 bits per heavy atom. The molecule has 18 heavy (non-hydrogen) atoms. The smallest absolute Gasteiger partial charge is 0.138 e. The van der Waals surface area contributed by atoms with E-state index in [9.17, 15) is 4.79 Å². The molecule has 100 valence electrons. The second-order valence-corrected chi connectivity index (χ2v) is 5.49. The van der Waals surface area contributed by atoms with Gasteiger partial charge in [-0.15, -0.1) is 0 Å². The first-order valence-electron chi connectivity index (χ1n) is 6.91. The number of nitrogens with zero attached hydrogens (tertiary/aromatic N) is 2. The number of carbonyl (C=O) groups excluding carboxylic acids is 1. The van der Waals surface area contributed by atoms with Crippen molar-refractivity contribution >= 4 is 5.78 Å². The summed E-state index contributed by atoms with van der Waals surface area (Å²) in [6.45, 7) is 6.37. The molecule has 0 aliphatic carbocycles. The second-order valence-electron chi connectivity index (χ2n) is 5.49. The highest BCUT2D eigenvalue weighted by molar-refractivity contribution is 5.80. The molecule has 1 aliphatic rings. The van der Waals surface area contributed by atoms with Crippen molar-refractivity contribution in [1.82, 2.24) is 15.1 Å². The Morgan fingerprint density at radius 1 is 1.61 bits per heavy atom. The molecule has 0 amide bonds. The highest BCUT2D eigenvalue weighted by Gasteiger charge is 2.16. The number of Topliss-reactive ketones (excluding diaryl/α,β-unsaturated/α-hetero) is 1. The Morgan fingerprint density at radius 3 is 3.06 bits per heavy atom. The SMILES string of the molecule is CC(C)n1ccc(CC(=O)CCC2CCNC2)n1. The number of nitrogens with one attached hydrogen (secondary N) is 1. The summed E-state index contributed by atoms with van der Waals surface area (Å²) in [5.74, 6) is 1.01. The quantitative estimate of drug-likeness (QED) is 0.838. The van der Waals surface area contributed by atoms with E-state index in [-0.39, 0.29) is 0 Å². The molecule has 2 heterocycles. The average molecular weight is 249 g/mol. The highest BCUT2D eigenvalue weighted by atomic mass is 16.1. The van der Waals surface area contributed by atoms with Gasteiger partial charge in [-0.1, -0.05) is 0 Å². The van der Waals surface area contributed by atoms with E-state index in [1.165, 1.54) is 6.42 Å². The zero-order valence-corrected chi connectivity index (χ0v) is 11.4. The van der Waals surface area contributed by atoms with Crippen molar-refractivity contribution < 1.29 is 4.79 Å². The summed E-state index contributed by atoms with van der Waals surface area (Å²) < 4.78 is 1.91. The lowest BCUT2D eigenvalue weighted by atomic mass is 9.99. The van der Waals surface area contributed by atoms with E-state index in [1.54, 1.807) is 0 Å². The number of ketones is 1. The largest absolute Gasteiger partial charge is 0.316 e. The molecule has 1 aliphatic heterocycles. The minimum Gasteiger partial charge on any atom is -0.316 e. The minimum absolute atomic E-state index is 0.316. The molecule has 0 saturated carbocycles. The second kappa shape index (κ2) is 6.14. The summed E-state index contributed by atoms with van der Waals surface area (Å²) in [7, 11) is 0. The Balaban J connectivity index is 1.75. The summed E-state index contributed by atoms with van der Waals surface area (Å²) in [6, 6.07) is 2.31. The van der Waals surface area contributed by atoms with Crippen LogP contribution in [0.4, 0.5) is 0 Å².